The van der Waals surface area contributed by atoms with Crippen molar-refractivity contribution < 1.29 is 27.1 Å². The normalized spacial score (nSPS) is 14.8. The minimum absolute atomic E-state index is 0.0354. The lowest BCUT2D eigenvalue weighted by atomic mass is 10.5. The zero-order chi connectivity index (χ0) is 11.2. The third-order valence-corrected chi connectivity index (χ3v) is 4.40. The van der Waals surface area contributed by atoms with Crippen LogP contribution in [0.2, 0.25) is 6.04 Å². The Hall–Kier alpha value is -0.113. The molecule has 0 aromatic heterocycles. The number of hydrogen-bond acceptors (Lipinski definition) is 3. The van der Waals surface area contributed by atoms with Crippen molar-refractivity contribution in [2.45, 2.75) is 24.6 Å². The Balaban J connectivity index is 4.01. The number of ether oxygens (including phenoxy) is 2. The zero-order valence-electron chi connectivity index (χ0n) is 8.43. The Morgan fingerprint density at radius 2 is 1.64 bits per heavy atom. The van der Waals surface area contributed by atoms with Gasteiger partial charge in [0.2, 0.25) is 9.04 Å². The first-order valence-corrected chi connectivity index (χ1v) is 6.05. The number of rotatable bonds is 6. The first-order valence-electron chi connectivity index (χ1n) is 4.09. The molecule has 0 aliphatic rings. The van der Waals surface area contributed by atoms with Crippen LogP contribution in [0.25, 0.3) is 0 Å². The van der Waals surface area contributed by atoms with E-state index in [1.54, 1.807) is 0 Å². The molecular weight excluding hydrogens is 217 g/mol. The molecule has 0 bridgehead atoms. The first-order chi connectivity index (χ1) is 6.44. The van der Waals surface area contributed by atoms with E-state index in [1.807, 2.05) is 0 Å². The van der Waals surface area contributed by atoms with Gasteiger partial charge in [-0.2, -0.15) is 13.2 Å². The molecule has 14 heavy (non-hydrogen) atoms. The average Bonchev–Trinajstić information content (AvgIpc) is 2.10. The molecule has 0 spiro atoms. The van der Waals surface area contributed by atoms with Gasteiger partial charge in [0.1, 0.15) is 0 Å². The standard InChI is InChI=1S/C7H15F3O3Si/c1-11-6(12-2)14(13-3)5-4-7(8,9)10/h6,14H,4-5H2,1-3H3. The van der Waals surface area contributed by atoms with E-state index in [0.29, 0.717) is 0 Å². The summed E-state index contributed by atoms with van der Waals surface area (Å²) >= 11 is 0. The number of alkyl halides is 3. The first kappa shape index (κ1) is 13.9. The lowest BCUT2D eigenvalue weighted by Gasteiger charge is -2.21. The van der Waals surface area contributed by atoms with Crippen molar-refractivity contribution in [3.8, 4) is 0 Å². The zero-order valence-corrected chi connectivity index (χ0v) is 9.58. The van der Waals surface area contributed by atoms with Crippen LogP contribution in [0.4, 0.5) is 13.2 Å². The maximum Gasteiger partial charge on any atom is 0.388 e. The Morgan fingerprint density at radius 3 is 1.93 bits per heavy atom. The minimum atomic E-state index is -4.14. The van der Waals surface area contributed by atoms with Crippen molar-refractivity contribution in [1.82, 2.24) is 0 Å². The summed E-state index contributed by atoms with van der Waals surface area (Å²) in [6.07, 6.45) is -4.99. The fourth-order valence-electron chi connectivity index (χ4n) is 1.07. The Bertz CT molecular complexity index is 150. The summed E-state index contributed by atoms with van der Waals surface area (Å²) in [5, 5.41) is 0. The summed E-state index contributed by atoms with van der Waals surface area (Å²) in [7, 11) is 2.07. The predicted octanol–water partition coefficient (Wildman–Crippen LogP) is 1.47. The summed E-state index contributed by atoms with van der Waals surface area (Å²) < 4.78 is 50.4. The van der Waals surface area contributed by atoms with Gasteiger partial charge in [-0.15, -0.1) is 0 Å². The second kappa shape index (κ2) is 6.39. The molecule has 1 unspecified atom stereocenters. The van der Waals surface area contributed by atoms with Crippen molar-refractivity contribution in [2.75, 3.05) is 21.3 Å². The molecule has 0 radical (unpaired) electrons. The summed E-state index contributed by atoms with van der Waals surface area (Å²) in [4.78, 5) is 0. The van der Waals surface area contributed by atoms with Gasteiger partial charge >= 0.3 is 6.18 Å². The van der Waals surface area contributed by atoms with Crippen molar-refractivity contribution in [2.24, 2.45) is 0 Å². The van der Waals surface area contributed by atoms with Gasteiger partial charge in [0.05, 0.1) is 0 Å². The van der Waals surface area contributed by atoms with Gasteiger partial charge in [0, 0.05) is 27.8 Å². The van der Waals surface area contributed by atoms with Crippen LogP contribution in [0.15, 0.2) is 0 Å². The van der Waals surface area contributed by atoms with Crippen LogP contribution >= 0.6 is 0 Å². The molecule has 1 atom stereocenters. The number of methoxy groups -OCH3 is 2. The molecule has 86 valence electrons. The smallest absolute Gasteiger partial charge is 0.388 e. The fourth-order valence-corrected chi connectivity index (χ4v) is 3.02. The Morgan fingerprint density at radius 1 is 1.14 bits per heavy atom. The molecule has 0 saturated heterocycles. The molecular formula is C7H15F3O3Si. The monoisotopic (exact) mass is 232 g/mol. The minimum Gasteiger partial charge on any atom is -0.417 e. The quantitative estimate of drug-likeness (QED) is 0.512. The molecule has 0 aromatic carbocycles. The van der Waals surface area contributed by atoms with Crippen molar-refractivity contribution >= 4 is 9.04 Å². The molecule has 0 rings (SSSR count). The summed E-state index contributed by atoms with van der Waals surface area (Å²) in [6, 6.07) is -0.0354. The SMILES string of the molecule is COC(OC)[SiH](CCC(F)(F)F)OC. The van der Waals surface area contributed by atoms with Gasteiger partial charge in [-0.3, -0.25) is 0 Å². The molecule has 0 aliphatic heterocycles. The molecule has 0 aliphatic carbocycles. The van der Waals surface area contributed by atoms with Crippen LogP contribution in [0.5, 0.6) is 0 Å². The van der Waals surface area contributed by atoms with Gasteiger partial charge in [-0.25, -0.2) is 0 Å². The van der Waals surface area contributed by atoms with Crippen molar-refractivity contribution in [3.63, 3.8) is 0 Å². The van der Waals surface area contributed by atoms with E-state index in [2.05, 4.69) is 0 Å². The van der Waals surface area contributed by atoms with Gasteiger partial charge in [0.25, 0.3) is 0 Å². The molecule has 0 amide bonds. The van der Waals surface area contributed by atoms with Crippen LogP contribution in [-0.2, 0) is 13.9 Å². The molecule has 0 N–H and O–H groups in total. The van der Waals surface area contributed by atoms with Crippen molar-refractivity contribution in [3.05, 3.63) is 0 Å². The fraction of sp³-hybridized carbons (Fsp3) is 1.00. The number of hydrogen-bond donors (Lipinski definition) is 0. The van der Waals surface area contributed by atoms with E-state index in [4.69, 9.17) is 13.9 Å². The lowest BCUT2D eigenvalue weighted by Crippen LogP contribution is -2.37. The summed E-state index contributed by atoms with van der Waals surface area (Å²) in [5.74, 6) is -0.623. The van der Waals surface area contributed by atoms with Crippen LogP contribution in [0.3, 0.4) is 0 Å². The Kier molecular flexibility index (Phi) is 6.33. The highest BCUT2D eigenvalue weighted by atomic mass is 28.3. The van der Waals surface area contributed by atoms with Gasteiger partial charge < -0.3 is 13.9 Å². The maximum absolute atomic E-state index is 11.9. The van der Waals surface area contributed by atoms with Gasteiger partial charge in [-0.1, -0.05) is 0 Å². The predicted molar refractivity (Wildman–Crippen MR) is 47.4 cm³/mol. The third kappa shape index (κ3) is 5.58. The van der Waals surface area contributed by atoms with Crippen LogP contribution in [-0.4, -0.2) is 42.5 Å². The number of halogens is 3. The van der Waals surface area contributed by atoms with Gasteiger partial charge in [-0.05, 0) is 6.04 Å². The van der Waals surface area contributed by atoms with E-state index in [9.17, 15) is 13.2 Å². The Labute approximate surface area is 82.9 Å². The molecule has 0 fully saturated rings. The highest BCUT2D eigenvalue weighted by molar-refractivity contribution is 6.52. The van der Waals surface area contributed by atoms with E-state index in [-0.39, 0.29) is 6.04 Å². The van der Waals surface area contributed by atoms with E-state index < -0.39 is 27.6 Å². The largest absolute Gasteiger partial charge is 0.417 e. The van der Waals surface area contributed by atoms with Crippen LogP contribution < -0.4 is 0 Å². The molecule has 7 heteroatoms. The second-order valence-corrected chi connectivity index (χ2v) is 5.44. The molecule has 0 aromatic rings. The van der Waals surface area contributed by atoms with Crippen molar-refractivity contribution in [1.29, 1.82) is 0 Å². The van der Waals surface area contributed by atoms with Gasteiger partial charge in [0.15, 0.2) is 5.91 Å². The second-order valence-electron chi connectivity index (χ2n) is 2.77. The maximum atomic E-state index is 11.9. The van der Waals surface area contributed by atoms with Crippen LogP contribution in [0.1, 0.15) is 6.42 Å². The molecule has 0 saturated carbocycles. The van der Waals surface area contributed by atoms with E-state index in [1.165, 1.54) is 21.3 Å². The average molecular weight is 232 g/mol. The van der Waals surface area contributed by atoms with E-state index in [0.717, 1.165) is 0 Å². The molecule has 3 nitrogen and oxygen atoms in total. The summed E-state index contributed by atoms with van der Waals surface area (Å²) in [5.41, 5.74) is 0. The summed E-state index contributed by atoms with van der Waals surface area (Å²) in [6.45, 7) is 0. The molecule has 0 heterocycles. The topological polar surface area (TPSA) is 27.7 Å². The highest BCUT2D eigenvalue weighted by Crippen LogP contribution is 2.23. The highest BCUT2D eigenvalue weighted by Gasteiger charge is 2.32. The van der Waals surface area contributed by atoms with E-state index >= 15 is 0 Å². The lowest BCUT2D eigenvalue weighted by molar-refractivity contribution is -0.131. The van der Waals surface area contributed by atoms with Crippen LogP contribution in [0, 0.1) is 0 Å². The third-order valence-electron chi connectivity index (χ3n) is 1.78.